The maximum Gasteiger partial charge on any atom is 0.252 e. The number of aryl methyl sites for hydroxylation is 1. The Bertz CT molecular complexity index is 880. The molecular weight excluding hydrogens is 352 g/mol. The lowest BCUT2D eigenvalue weighted by molar-refractivity contribution is -0.132. The molecule has 0 radical (unpaired) electrons. The fraction of sp³-hybridized carbons (Fsp3) is 0.545. The van der Waals surface area contributed by atoms with Gasteiger partial charge in [0.2, 0.25) is 5.91 Å². The first-order chi connectivity index (χ1) is 13.4. The highest BCUT2D eigenvalue weighted by Gasteiger charge is 2.38. The molecule has 2 fully saturated rings. The van der Waals surface area contributed by atoms with Gasteiger partial charge in [-0.3, -0.25) is 9.59 Å². The summed E-state index contributed by atoms with van der Waals surface area (Å²) in [4.78, 5) is 33.2. The van der Waals surface area contributed by atoms with E-state index in [1.54, 1.807) is 0 Å². The van der Waals surface area contributed by atoms with Gasteiger partial charge in [0.05, 0.1) is 0 Å². The van der Waals surface area contributed by atoms with Crippen LogP contribution in [-0.4, -0.2) is 64.4 Å². The van der Waals surface area contributed by atoms with Gasteiger partial charge in [-0.05, 0) is 57.7 Å². The molecule has 0 unspecified atom stereocenters. The van der Waals surface area contributed by atoms with Gasteiger partial charge in [0.25, 0.3) is 5.91 Å². The number of nitrogens with one attached hydrogen (secondary N) is 2. The Balaban J connectivity index is 1.37. The lowest BCUT2D eigenvalue weighted by atomic mass is 10.0. The van der Waals surface area contributed by atoms with Crippen LogP contribution in [-0.2, 0) is 4.79 Å². The van der Waals surface area contributed by atoms with Gasteiger partial charge in [-0.1, -0.05) is 6.07 Å². The molecule has 0 saturated carbocycles. The van der Waals surface area contributed by atoms with Crippen molar-refractivity contribution in [3.8, 4) is 0 Å². The lowest BCUT2D eigenvalue weighted by Crippen LogP contribution is -2.49. The number of benzene rings is 1. The van der Waals surface area contributed by atoms with E-state index >= 15 is 0 Å². The van der Waals surface area contributed by atoms with Gasteiger partial charge in [-0.25, -0.2) is 0 Å². The van der Waals surface area contributed by atoms with Crippen molar-refractivity contribution < 1.29 is 9.59 Å². The summed E-state index contributed by atoms with van der Waals surface area (Å²) in [6, 6.07) is 6.11. The first-order valence-electron chi connectivity index (χ1n) is 10.4. The van der Waals surface area contributed by atoms with Crippen molar-refractivity contribution in [2.24, 2.45) is 0 Å². The monoisotopic (exact) mass is 382 g/mol. The van der Waals surface area contributed by atoms with Crippen molar-refractivity contribution in [3.05, 3.63) is 35.5 Å². The van der Waals surface area contributed by atoms with Crippen LogP contribution in [0, 0.1) is 6.92 Å². The van der Waals surface area contributed by atoms with Crippen LogP contribution < -0.4 is 5.32 Å². The number of aromatic amines is 1. The summed E-state index contributed by atoms with van der Waals surface area (Å²) >= 11 is 0. The summed E-state index contributed by atoms with van der Waals surface area (Å²) in [5, 5.41) is 4.08. The summed E-state index contributed by atoms with van der Waals surface area (Å²) in [5.74, 6) is -0.0999. The van der Waals surface area contributed by atoms with Crippen LogP contribution >= 0.6 is 0 Å². The van der Waals surface area contributed by atoms with Gasteiger partial charge in [0.15, 0.2) is 0 Å². The molecule has 28 heavy (non-hydrogen) atoms. The van der Waals surface area contributed by atoms with Crippen molar-refractivity contribution in [1.82, 2.24) is 20.1 Å². The number of H-pyrrole nitrogens is 1. The zero-order valence-corrected chi connectivity index (χ0v) is 17.0. The van der Waals surface area contributed by atoms with Gasteiger partial charge in [-0.15, -0.1) is 0 Å². The van der Waals surface area contributed by atoms with Crippen LogP contribution in [0.4, 0.5) is 0 Å². The molecule has 2 aliphatic heterocycles. The normalized spacial score (nSPS) is 21.8. The molecule has 1 atom stereocenters. The van der Waals surface area contributed by atoms with E-state index in [-0.39, 0.29) is 11.8 Å². The van der Waals surface area contributed by atoms with Gasteiger partial charge in [0, 0.05) is 54.4 Å². The highest BCUT2D eigenvalue weighted by atomic mass is 16.2. The minimum Gasteiger partial charge on any atom is -0.361 e. The summed E-state index contributed by atoms with van der Waals surface area (Å²) < 4.78 is 0. The van der Waals surface area contributed by atoms with E-state index in [1.807, 2.05) is 36.2 Å². The van der Waals surface area contributed by atoms with Crippen LogP contribution in [0.1, 0.15) is 49.0 Å². The molecule has 6 heteroatoms. The first-order valence-corrected chi connectivity index (χ1v) is 10.4. The maximum atomic E-state index is 12.9. The van der Waals surface area contributed by atoms with E-state index in [1.165, 1.54) is 0 Å². The fourth-order valence-corrected chi connectivity index (χ4v) is 4.57. The molecule has 0 aliphatic carbocycles. The van der Waals surface area contributed by atoms with E-state index in [2.05, 4.69) is 29.0 Å². The van der Waals surface area contributed by atoms with Crippen LogP contribution in [0.2, 0.25) is 0 Å². The lowest BCUT2D eigenvalue weighted by Gasteiger charge is -2.38. The Morgan fingerprint density at radius 1 is 1.18 bits per heavy atom. The van der Waals surface area contributed by atoms with Gasteiger partial charge in [0.1, 0.15) is 6.04 Å². The summed E-state index contributed by atoms with van der Waals surface area (Å²) in [6.45, 7) is 9.30. The number of carbonyl (C=O) groups is 2. The zero-order chi connectivity index (χ0) is 19.8. The molecule has 1 aromatic carbocycles. The van der Waals surface area contributed by atoms with Crippen LogP contribution in [0.15, 0.2) is 24.4 Å². The molecule has 2 saturated heterocycles. The number of amides is 2. The number of nitrogens with zero attached hydrogens (tertiary/aromatic N) is 2. The predicted molar refractivity (Wildman–Crippen MR) is 110 cm³/mol. The molecule has 2 aromatic rings. The van der Waals surface area contributed by atoms with Crippen molar-refractivity contribution in [1.29, 1.82) is 0 Å². The number of hydrogen-bond acceptors (Lipinski definition) is 3. The van der Waals surface area contributed by atoms with Crippen molar-refractivity contribution in [2.75, 3.05) is 19.6 Å². The van der Waals surface area contributed by atoms with E-state index in [4.69, 9.17) is 0 Å². The van der Waals surface area contributed by atoms with Gasteiger partial charge >= 0.3 is 0 Å². The van der Waals surface area contributed by atoms with Gasteiger partial charge in [-0.2, -0.15) is 0 Å². The standard InChI is InChI=1S/C22H30N4O2/c1-14(2)25-9-6-17(7-10-25)26-11-8-19(22(26)28)24-21(27)16-4-5-18-15(3)13-23-20(18)12-16/h4-5,12-14,17,19,23H,6-11H2,1-3H3,(H,24,27)/t19-/m0/s1. The number of rotatable bonds is 4. The SMILES string of the molecule is Cc1c[nH]c2cc(C(=O)N[C@H]3CCN(C4CCN(C(C)C)CC4)C3=O)ccc12. The smallest absolute Gasteiger partial charge is 0.252 e. The molecular formula is C22H30N4O2. The Labute approximate surface area is 166 Å². The number of piperidine rings is 1. The molecule has 6 nitrogen and oxygen atoms in total. The minimum atomic E-state index is -0.406. The Kier molecular flexibility index (Phi) is 5.15. The molecule has 0 bridgehead atoms. The summed E-state index contributed by atoms with van der Waals surface area (Å²) in [7, 11) is 0. The average molecular weight is 383 g/mol. The van der Waals surface area contributed by atoms with Crippen molar-refractivity contribution in [2.45, 2.75) is 58.2 Å². The Morgan fingerprint density at radius 2 is 1.93 bits per heavy atom. The topological polar surface area (TPSA) is 68.4 Å². The molecule has 0 spiro atoms. The number of aromatic nitrogens is 1. The fourth-order valence-electron chi connectivity index (χ4n) is 4.57. The van der Waals surface area contributed by atoms with Crippen LogP contribution in [0.5, 0.6) is 0 Å². The maximum absolute atomic E-state index is 12.9. The first kappa shape index (κ1) is 19.0. The van der Waals surface area contributed by atoms with Crippen molar-refractivity contribution >= 4 is 22.7 Å². The molecule has 150 valence electrons. The number of hydrogen-bond donors (Lipinski definition) is 2. The second-order valence-corrected chi connectivity index (χ2v) is 8.44. The molecule has 3 heterocycles. The Hall–Kier alpha value is -2.34. The second-order valence-electron chi connectivity index (χ2n) is 8.44. The van der Waals surface area contributed by atoms with Crippen molar-refractivity contribution in [3.63, 3.8) is 0 Å². The second kappa shape index (κ2) is 7.59. The van der Waals surface area contributed by atoms with E-state index in [9.17, 15) is 9.59 Å². The van der Waals surface area contributed by atoms with E-state index in [0.29, 0.717) is 24.1 Å². The molecule has 1 aromatic heterocycles. The third kappa shape index (κ3) is 3.53. The third-order valence-corrected chi connectivity index (χ3v) is 6.37. The van der Waals surface area contributed by atoms with Crippen LogP contribution in [0.3, 0.4) is 0 Å². The quantitative estimate of drug-likeness (QED) is 0.854. The average Bonchev–Trinajstić information content (AvgIpc) is 3.24. The van der Waals surface area contributed by atoms with Gasteiger partial charge < -0.3 is 20.1 Å². The third-order valence-electron chi connectivity index (χ3n) is 6.37. The number of fused-ring (bicyclic) bond motifs is 1. The van der Waals surface area contributed by atoms with E-state index < -0.39 is 6.04 Å². The van der Waals surface area contributed by atoms with E-state index in [0.717, 1.165) is 48.9 Å². The van der Waals surface area contributed by atoms with Crippen LogP contribution in [0.25, 0.3) is 10.9 Å². The Morgan fingerprint density at radius 3 is 2.64 bits per heavy atom. The zero-order valence-electron chi connectivity index (χ0n) is 17.0. The molecule has 2 amide bonds. The molecule has 4 rings (SSSR count). The predicted octanol–water partition coefficient (Wildman–Crippen LogP) is 2.68. The minimum absolute atomic E-state index is 0.0770. The largest absolute Gasteiger partial charge is 0.361 e. The highest BCUT2D eigenvalue weighted by Crippen LogP contribution is 2.24. The summed E-state index contributed by atoms with van der Waals surface area (Å²) in [6.07, 6.45) is 4.68. The number of likely N-dealkylation sites (tertiary alicyclic amines) is 2. The summed E-state index contributed by atoms with van der Waals surface area (Å²) in [5.41, 5.74) is 2.69. The number of carbonyl (C=O) groups excluding carboxylic acids is 2. The highest BCUT2D eigenvalue weighted by molar-refractivity contribution is 6.01. The molecule has 2 aliphatic rings. The molecule has 2 N–H and O–H groups in total.